The number of hydrogen-bond donors (Lipinski definition) is 3. The summed E-state index contributed by atoms with van der Waals surface area (Å²) in [4.78, 5) is 29.0. The summed E-state index contributed by atoms with van der Waals surface area (Å²) in [5.41, 5.74) is 0.706. The Morgan fingerprint density at radius 1 is 1.16 bits per heavy atom. The first-order valence-corrected chi connectivity index (χ1v) is 12.6. The standard InChI is InChI=1S/C24H32INO5/c1-12-10-24-11-13(12)3-4-16(24)15-9-17(28)20(29)23(2,22(25)31)18(15)19(24)21(30)26-7-5-14(27)6-8-26/h9,13-14,16-20,27-29H,1,3-8,10-11H2,2H3/t13-,16+,17-,18-,19-,20+,23+,24+/m1/s1. The molecule has 8 atom stereocenters. The molecule has 0 aromatic carbocycles. The van der Waals surface area contributed by atoms with Crippen LogP contribution < -0.4 is 0 Å². The molecular weight excluding hydrogens is 509 g/mol. The lowest BCUT2D eigenvalue weighted by atomic mass is 9.60. The van der Waals surface area contributed by atoms with Gasteiger partial charge in [-0.2, -0.15) is 0 Å². The maximum absolute atomic E-state index is 14.1. The van der Waals surface area contributed by atoms with E-state index in [2.05, 4.69) is 6.58 Å². The van der Waals surface area contributed by atoms with Crippen molar-refractivity contribution in [2.24, 2.45) is 34.5 Å². The van der Waals surface area contributed by atoms with Crippen molar-refractivity contribution in [3.05, 3.63) is 23.8 Å². The number of carbonyl (C=O) groups excluding carboxylic acids is 2. The second-order valence-corrected chi connectivity index (χ2v) is 11.7. The SMILES string of the molecule is C=C1C[C@]23C[C@H]1CC[C@H]2C1=C[C@@H](O)[C@H](O)[C@@](C)(C(=O)I)[C@H]1[C@@H]3C(=O)N1CCC(O)CC1. The molecule has 31 heavy (non-hydrogen) atoms. The normalized spacial score (nSPS) is 47.1. The topological polar surface area (TPSA) is 98.1 Å². The number of aliphatic hydroxyl groups is 3. The molecule has 3 N–H and O–H groups in total. The number of rotatable bonds is 2. The average Bonchev–Trinajstić information content (AvgIpc) is 3.15. The molecule has 1 aliphatic heterocycles. The van der Waals surface area contributed by atoms with E-state index in [4.69, 9.17) is 0 Å². The van der Waals surface area contributed by atoms with E-state index in [-0.39, 0.29) is 27.1 Å². The van der Waals surface area contributed by atoms with Crippen molar-refractivity contribution in [2.75, 3.05) is 13.1 Å². The van der Waals surface area contributed by atoms with Crippen molar-refractivity contribution in [3.8, 4) is 0 Å². The third-order valence-corrected chi connectivity index (χ3v) is 10.5. The van der Waals surface area contributed by atoms with Gasteiger partial charge < -0.3 is 20.2 Å². The Hall–Kier alpha value is -0.770. The third-order valence-electron chi connectivity index (χ3n) is 9.38. The van der Waals surface area contributed by atoms with Crippen LogP contribution >= 0.6 is 22.6 Å². The number of halogens is 1. The highest BCUT2D eigenvalue weighted by molar-refractivity contribution is 14.1. The van der Waals surface area contributed by atoms with Crippen LogP contribution in [-0.2, 0) is 9.59 Å². The van der Waals surface area contributed by atoms with Gasteiger partial charge in [-0.25, -0.2) is 0 Å². The monoisotopic (exact) mass is 541 g/mol. The summed E-state index contributed by atoms with van der Waals surface area (Å²) in [5.74, 6) is -0.231. The molecule has 5 rings (SSSR count). The van der Waals surface area contributed by atoms with Crippen LogP contribution in [0.4, 0.5) is 0 Å². The Bertz CT molecular complexity index is 864. The molecule has 4 fully saturated rings. The Morgan fingerprint density at radius 3 is 2.48 bits per heavy atom. The van der Waals surface area contributed by atoms with Crippen molar-refractivity contribution < 1.29 is 24.9 Å². The van der Waals surface area contributed by atoms with Crippen LogP contribution in [0.25, 0.3) is 0 Å². The average molecular weight is 541 g/mol. The number of piperidine rings is 1. The number of carbonyl (C=O) groups is 2. The molecule has 0 aromatic heterocycles. The fourth-order valence-corrected chi connectivity index (χ4v) is 8.47. The Balaban J connectivity index is 1.66. The Morgan fingerprint density at radius 2 is 1.84 bits per heavy atom. The van der Waals surface area contributed by atoms with Gasteiger partial charge in [0.25, 0.3) is 0 Å². The van der Waals surface area contributed by atoms with Crippen LogP contribution in [0.2, 0.25) is 0 Å². The van der Waals surface area contributed by atoms with Crippen molar-refractivity contribution in [1.82, 2.24) is 4.90 Å². The van der Waals surface area contributed by atoms with Gasteiger partial charge in [0.2, 0.25) is 9.70 Å². The summed E-state index contributed by atoms with van der Waals surface area (Å²) in [6.07, 6.45) is 3.83. The van der Waals surface area contributed by atoms with Gasteiger partial charge in [-0.1, -0.05) is 23.8 Å². The molecule has 1 amide bonds. The van der Waals surface area contributed by atoms with Gasteiger partial charge in [0.15, 0.2) is 0 Å². The largest absolute Gasteiger partial charge is 0.393 e. The van der Waals surface area contributed by atoms with Gasteiger partial charge in [0, 0.05) is 41.6 Å². The fourth-order valence-electron chi connectivity index (χ4n) is 7.81. The van der Waals surface area contributed by atoms with E-state index in [0.717, 1.165) is 31.3 Å². The molecule has 7 heteroatoms. The van der Waals surface area contributed by atoms with Gasteiger partial charge in [0.05, 0.1) is 29.6 Å². The minimum atomic E-state index is -1.24. The van der Waals surface area contributed by atoms with Crippen LogP contribution in [0.5, 0.6) is 0 Å². The zero-order chi connectivity index (χ0) is 22.3. The molecule has 1 saturated heterocycles. The molecule has 0 aromatic rings. The summed E-state index contributed by atoms with van der Waals surface area (Å²) in [5, 5.41) is 31.7. The summed E-state index contributed by atoms with van der Waals surface area (Å²) < 4.78 is -0.206. The molecule has 170 valence electrons. The second kappa shape index (κ2) is 7.37. The molecular formula is C24H32INO5. The van der Waals surface area contributed by atoms with Crippen molar-refractivity contribution in [1.29, 1.82) is 0 Å². The molecule has 2 bridgehead atoms. The summed E-state index contributed by atoms with van der Waals surface area (Å²) >= 11 is 1.74. The molecule has 1 spiro atoms. The van der Waals surface area contributed by atoms with Gasteiger partial charge in [-0.3, -0.25) is 9.59 Å². The fraction of sp³-hybridized carbons (Fsp3) is 0.750. The Kier molecular flexibility index (Phi) is 5.24. The Labute approximate surface area is 196 Å². The predicted molar refractivity (Wildman–Crippen MR) is 123 cm³/mol. The number of hydrogen-bond acceptors (Lipinski definition) is 5. The van der Waals surface area contributed by atoms with Gasteiger partial charge in [-0.05, 0) is 62.7 Å². The zero-order valence-electron chi connectivity index (χ0n) is 18.0. The van der Waals surface area contributed by atoms with Gasteiger partial charge in [-0.15, -0.1) is 0 Å². The number of fused-ring (bicyclic) bond motifs is 3. The predicted octanol–water partition coefficient (Wildman–Crippen LogP) is 2.21. The quantitative estimate of drug-likeness (QED) is 0.283. The molecule has 0 unspecified atom stereocenters. The molecule has 1 heterocycles. The highest BCUT2D eigenvalue weighted by Gasteiger charge is 2.71. The smallest absolute Gasteiger partial charge is 0.226 e. The molecule has 3 saturated carbocycles. The van der Waals surface area contributed by atoms with E-state index < -0.39 is 29.5 Å². The number of aliphatic hydroxyl groups excluding tert-OH is 3. The maximum atomic E-state index is 14.1. The van der Waals surface area contributed by atoms with E-state index in [0.29, 0.717) is 31.8 Å². The molecule has 0 radical (unpaired) electrons. The number of likely N-dealkylation sites (tertiary alicyclic amines) is 1. The van der Waals surface area contributed by atoms with E-state index in [9.17, 15) is 24.9 Å². The number of allylic oxidation sites excluding steroid dienone is 2. The summed E-state index contributed by atoms with van der Waals surface area (Å²) in [7, 11) is 0. The van der Waals surface area contributed by atoms with E-state index in [1.165, 1.54) is 5.57 Å². The third kappa shape index (κ3) is 2.91. The molecule has 5 aliphatic rings. The van der Waals surface area contributed by atoms with E-state index in [1.54, 1.807) is 35.6 Å². The van der Waals surface area contributed by atoms with Crippen molar-refractivity contribution in [3.63, 3.8) is 0 Å². The lowest BCUT2D eigenvalue weighted by Gasteiger charge is -2.47. The van der Waals surface area contributed by atoms with Crippen molar-refractivity contribution >= 4 is 32.3 Å². The lowest BCUT2D eigenvalue weighted by Crippen LogP contribution is -2.57. The lowest BCUT2D eigenvalue weighted by molar-refractivity contribution is -0.152. The highest BCUT2D eigenvalue weighted by Crippen LogP contribution is 2.72. The summed E-state index contributed by atoms with van der Waals surface area (Å²) in [6.45, 7) is 7.12. The summed E-state index contributed by atoms with van der Waals surface area (Å²) in [6, 6.07) is 0. The van der Waals surface area contributed by atoms with Crippen LogP contribution in [0, 0.1) is 34.5 Å². The van der Waals surface area contributed by atoms with Gasteiger partial charge >= 0.3 is 0 Å². The first kappa shape index (κ1) is 22.0. The maximum Gasteiger partial charge on any atom is 0.226 e. The highest BCUT2D eigenvalue weighted by atomic mass is 127. The van der Waals surface area contributed by atoms with Crippen LogP contribution in [0.1, 0.15) is 45.4 Å². The number of nitrogens with zero attached hydrogens (tertiary/aromatic N) is 1. The first-order chi connectivity index (χ1) is 14.6. The van der Waals surface area contributed by atoms with Gasteiger partial charge in [0.1, 0.15) is 0 Å². The zero-order valence-corrected chi connectivity index (χ0v) is 20.1. The second-order valence-electron chi connectivity index (χ2n) is 10.8. The minimum absolute atomic E-state index is 0.0492. The van der Waals surface area contributed by atoms with Crippen LogP contribution in [0.15, 0.2) is 23.8 Å². The van der Waals surface area contributed by atoms with Crippen molar-refractivity contribution in [2.45, 2.75) is 63.8 Å². The van der Waals surface area contributed by atoms with E-state index in [1.807, 2.05) is 4.90 Å². The molecule has 6 nitrogen and oxygen atoms in total. The minimum Gasteiger partial charge on any atom is -0.393 e. The number of amides is 1. The molecule has 4 aliphatic carbocycles. The van der Waals surface area contributed by atoms with Crippen LogP contribution in [0.3, 0.4) is 0 Å². The van der Waals surface area contributed by atoms with Crippen LogP contribution in [-0.4, -0.2) is 61.3 Å². The first-order valence-electron chi connectivity index (χ1n) is 11.5. The van der Waals surface area contributed by atoms with E-state index >= 15 is 0 Å².